The number of carbonyl (C=O) groups is 1. The van der Waals surface area contributed by atoms with Crippen molar-refractivity contribution < 1.29 is 9.72 Å². The molecule has 0 bridgehead atoms. The third-order valence-electron chi connectivity index (χ3n) is 2.95. The molecule has 0 unspecified atom stereocenters. The second-order valence-electron chi connectivity index (χ2n) is 4.59. The van der Waals surface area contributed by atoms with E-state index >= 15 is 0 Å². The Morgan fingerprint density at radius 3 is 2.67 bits per heavy atom. The van der Waals surface area contributed by atoms with E-state index in [4.69, 9.17) is 0 Å². The van der Waals surface area contributed by atoms with E-state index in [9.17, 15) is 14.9 Å². The molecular weight excluding hydrogens is 272 g/mol. The molecule has 1 amide bonds. The highest BCUT2D eigenvalue weighted by molar-refractivity contribution is 5.94. The number of aromatic nitrogens is 2. The van der Waals surface area contributed by atoms with Crippen LogP contribution in [0.2, 0.25) is 0 Å². The summed E-state index contributed by atoms with van der Waals surface area (Å²) >= 11 is 0. The fourth-order valence-electron chi connectivity index (χ4n) is 1.88. The lowest BCUT2D eigenvalue weighted by Crippen LogP contribution is -2.23. The molecule has 0 atom stereocenters. The molecule has 1 N–H and O–H groups in total. The second kappa shape index (κ2) is 6.08. The van der Waals surface area contributed by atoms with Crippen LogP contribution in [0.3, 0.4) is 0 Å². The van der Waals surface area contributed by atoms with Crippen LogP contribution in [0.4, 0.5) is 5.69 Å². The molecule has 0 saturated carbocycles. The van der Waals surface area contributed by atoms with Crippen LogP contribution >= 0.6 is 0 Å². The van der Waals surface area contributed by atoms with E-state index in [0.717, 1.165) is 5.69 Å². The Labute approximate surface area is 121 Å². The Kier molecular flexibility index (Phi) is 4.22. The summed E-state index contributed by atoms with van der Waals surface area (Å²) in [5, 5.41) is 13.5. The number of carbonyl (C=O) groups excluding carboxylic acids is 1. The molecule has 0 spiro atoms. The summed E-state index contributed by atoms with van der Waals surface area (Å²) in [6, 6.07) is 6.05. The molecule has 0 saturated heterocycles. The predicted molar refractivity (Wildman–Crippen MR) is 75.8 cm³/mol. The van der Waals surface area contributed by atoms with Gasteiger partial charge in [-0.3, -0.25) is 14.9 Å². The number of amides is 1. The van der Waals surface area contributed by atoms with Gasteiger partial charge in [-0.05, 0) is 32.0 Å². The first-order chi connectivity index (χ1) is 9.97. The van der Waals surface area contributed by atoms with Crippen molar-refractivity contribution in [2.24, 2.45) is 0 Å². The maximum absolute atomic E-state index is 12.0. The average Bonchev–Trinajstić information content (AvgIpc) is 2.44. The molecule has 0 aliphatic heterocycles. The van der Waals surface area contributed by atoms with Crippen LogP contribution in [0.1, 0.15) is 27.3 Å². The van der Waals surface area contributed by atoms with Crippen molar-refractivity contribution in [3.8, 4) is 0 Å². The molecule has 1 heterocycles. The number of nitro groups is 1. The molecule has 7 heteroatoms. The SMILES string of the molecule is Cc1cc(CNC(=O)c2ccc([N+](=O)[O-])c(C)c2)ncn1. The fourth-order valence-corrected chi connectivity index (χ4v) is 1.88. The van der Waals surface area contributed by atoms with E-state index in [1.807, 2.05) is 6.92 Å². The van der Waals surface area contributed by atoms with Crippen LogP contribution < -0.4 is 5.32 Å². The summed E-state index contributed by atoms with van der Waals surface area (Å²) in [7, 11) is 0. The molecule has 0 fully saturated rings. The van der Waals surface area contributed by atoms with Crippen molar-refractivity contribution in [1.82, 2.24) is 15.3 Å². The van der Waals surface area contributed by atoms with Crippen molar-refractivity contribution in [3.05, 3.63) is 63.2 Å². The number of hydrogen-bond acceptors (Lipinski definition) is 5. The maximum atomic E-state index is 12.0. The minimum atomic E-state index is -0.472. The van der Waals surface area contributed by atoms with Gasteiger partial charge in [0, 0.05) is 22.9 Å². The number of hydrogen-bond donors (Lipinski definition) is 1. The van der Waals surface area contributed by atoms with Crippen molar-refractivity contribution >= 4 is 11.6 Å². The van der Waals surface area contributed by atoms with Crippen LogP contribution in [-0.4, -0.2) is 20.8 Å². The summed E-state index contributed by atoms with van der Waals surface area (Å²) in [6.07, 6.45) is 1.44. The van der Waals surface area contributed by atoms with Gasteiger partial charge >= 0.3 is 0 Å². The summed E-state index contributed by atoms with van der Waals surface area (Å²) in [6.45, 7) is 3.72. The zero-order chi connectivity index (χ0) is 15.4. The number of nitrogens with zero attached hydrogens (tertiary/aromatic N) is 3. The lowest BCUT2D eigenvalue weighted by atomic mass is 10.1. The molecule has 7 nitrogen and oxygen atoms in total. The van der Waals surface area contributed by atoms with Crippen LogP contribution in [0, 0.1) is 24.0 Å². The molecule has 0 aliphatic rings. The van der Waals surface area contributed by atoms with E-state index in [2.05, 4.69) is 15.3 Å². The van der Waals surface area contributed by atoms with Crippen LogP contribution in [-0.2, 0) is 6.54 Å². The van der Waals surface area contributed by atoms with Gasteiger partial charge in [0.05, 0.1) is 17.2 Å². The lowest BCUT2D eigenvalue weighted by molar-refractivity contribution is -0.385. The number of benzene rings is 1. The Morgan fingerprint density at radius 1 is 1.29 bits per heavy atom. The van der Waals surface area contributed by atoms with E-state index < -0.39 is 4.92 Å². The first-order valence-corrected chi connectivity index (χ1v) is 6.28. The summed E-state index contributed by atoms with van der Waals surface area (Å²) < 4.78 is 0. The Bertz CT molecular complexity index is 700. The van der Waals surface area contributed by atoms with Gasteiger partial charge in [-0.25, -0.2) is 9.97 Å². The Morgan fingerprint density at radius 2 is 2.05 bits per heavy atom. The molecule has 21 heavy (non-hydrogen) atoms. The first-order valence-electron chi connectivity index (χ1n) is 6.28. The molecule has 108 valence electrons. The third-order valence-corrected chi connectivity index (χ3v) is 2.95. The minimum absolute atomic E-state index is 0.00187. The topological polar surface area (TPSA) is 98.0 Å². The van der Waals surface area contributed by atoms with Gasteiger partial charge in [0.15, 0.2) is 0 Å². The molecule has 1 aromatic carbocycles. The van der Waals surface area contributed by atoms with Crippen LogP contribution in [0.25, 0.3) is 0 Å². The van der Waals surface area contributed by atoms with Gasteiger partial charge < -0.3 is 5.32 Å². The fraction of sp³-hybridized carbons (Fsp3) is 0.214. The molecule has 0 radical (unpaired) electrons. The van der Waals surface area contributed by atoms with Gasteiger partial charge in [-0.1, -0.05) is 0 Å². The molecule has 1 aromatic heterocycles. The van der Waals surface area contributed by atoms with E-state index in [-0.39, 0.29) is 18.1 Å². The number of nitrogens with one attached hydrogen (secondary N) is 1. The summed E-state index contributed by atoms with van der Waals surface area (Å²) in [5.41, 5.74) is 2.35. The van der Waals surface area contributed by atoms with E-state index in [1.165, 1.54) is 24.5 Å². The van der Waals surface area contributed by atoms with E-state index in [0.29, 0.717) is 16.8 Å². The second-order valence-corrected chi connectivity index (χ2v) is 4.59. The lowest BCUT2D eigenvalue weighted by Gasteiger charge is -2.06. The summed E-state index contributed by atoms with van der Waals surface area (Å²) in [5.74, 6) is -0.302. The Hall–Kier alpha value is -2.83. The molecular formula is C14H14N4O3. The van der Waals surface area contributed by atoms with Gasteiger partial charge in [-0.2, -0.15) is 0 Å². The smallest absolute Gasteiger partial charge is 0.272 e. The van der Waals surface area contributed by atoms with Gasteiger partial charge in [0.2, 0.25) is 0 Å². The van der Waals surface area contributed by atoms with Crippen LogP contribution in [0.5, 0.6) is 0 Å². The Balaban J connectivity index is 2.07. The maximum Gasteiger partial charge on any atom is 0.272 e. The van der Waals surface area contributed by atoms with Gasteiger partial charge in [-0.15, -0.1) is 0 Å². The number of rotatable bonds is 4. The highest BCUT2D eigenvalue weighted by atomic mass is 16.6. The first kappa shape index (κ1) is 14.6. The standard InChI is InChI=1S/C14H14N4O3/c1-9-5-11(3-4-13(9)18(20)21)14(19)15-7-12-6-10(2)16-8-17-12/h3-6,8H,7H2,1-2H3,(H,15,19). The highest BCUT2D eigenvalue weighted by Gasteiger charge is 2.13. The zero-order valence-electron chi connectivity index (χ0n) is 11.7. The molecule has 2 aromatic rings. The van der Waals surface area contributed by atoms with Gasteiger partial charge in [0.25, 0.3) is 11.6 Å². The van der Waals surface area contributed by atoms with Crippen molar-refractivity contribution in [1.29, 1.82) is 0 Å². The van der Waals surface area contributed by atoms with Crippen molar-refractivity contribution in [2.75, 3.05) is 0 Å². The van der Waals surface area contributed by atoms with Crippen molar-refractivity contribution in [2.45, 2.75) is 20.4 Å². The molecule has 0 aliphatic carbocycles. The zero-order valence-corrected chi connectivity index (χ0v) is 11.7. The van der Waals surface area contributed by atoms with E-state index in [1.54, 1.807) is 13.0 Å². The van der Waals surface area contributed by atoms with Gasteiger partial charge in [0.1, 0.15) is 6.33 Å². The van der Waals surface area contributed by atoms with Crippen molar-refractivity contribution in [3.63, 3.8) is 0 Å². The highest BCUT2D eigenvalue weighted by Crippen LogP contribution is 2.18. The third kappa shape index (κ3) is 3.59. The average molecular weight is 286 g/mol. The summed E-state index contributed by atoms with van der Waals surface area (Å²) in [4.78, 5) is 30.3. The number of nitro benzene ring substituents is 1. The predicted octanol–water partition coefficient (Wildman–Crippen LogP) is 1.93. The minimum Gasteiger partial charge on any atom is -0.346 e. The number of aryl methyl sites for hydroxylation is 2. The monoisotopic (exact) mass is 286 g/mol. The van der Waals surface area contributed by atoms with Crippen LogP contribution in [0.15, 0.2) is 30.6 Å². The molecule has 2 rings (SSSR count). The quantitative estimate of drug-likeness (QED) is 0.684. The normalized spacial score (nSPS) is 10.2. The largest absolute Gasteiger partial charge is 0.346 e.